The lowest BCUT2D eigenvalue weighted by atomic mass is 10.2. The highest BCUT2D eigenvalue weighted by Gasteiger charge is 2.28. The topological polar surface area (TPSA) is 75.7 Å². The molecule has 1 N–H and O–H groups in total. The Kier molecular flexibility index (Phi) is 4.62. The predicted molar refractivity (Wildman–Crippen MR) is 96.8 cm³/mol. The zero-order chi connectivity index (χ0) is 18.2. The van der Waals surface area contributed by atoms with Crippen LogP contribution in [-0.4, -0.2) is 27.0 Å². The monoisotopic (exact) mass is 380 g/mol. The van der Waals surface area contributed by atoms with E-state index in [-0.39, 0.29) is 22.6 Å². The van der Waals surface area contributed by atoms with E-state index >= 15 is 0 Å². The third kappa shape index (κ3) is 3.57. The van der Waals surface area contributed by atoms with Gasteiger partial charge in [-0.15, -0.1) is 0 Å². The minimum Gasteiger partial charge on any atom is -0.487 e. The number of carbonyl (C=O) groups excluding carboxylic acids is 1. The van der Waals surface area contributed by atoms with E-state index in [0.717, 1.165) is 0 Å². The lowest BCUT2D eigenvalue weighted by Gasteiger charge is -2.33. The van der Waals surface area contributed by atoms with Crippen LogP contribution in [0.3, 0.4) is 0 Å². The number of ether oxygens (including phenoxy) is 1. The van der Waals surface area contributed by atoms with Gasteiger partial charge in [-0.25, -0.2) is 8.42 Å². The molecule has 8 heteroatoms. The quantitative estimate of drug-likeness (QED) is 0.886. The van der Waals surface area contributed by atoms with Crippen molar-refractivity contribution in [1.29, 1.82) is 0 Å². The number of amides is 1. The Labute approximate surface area is 151 Å². The zero-order valence-electron chi connectivity index (χ0n) is 13.7. The molecule has 0 spiro atoms. The van der Waals surface area contributed by atoms with E-state index in [1.807, 2.05) is 6.92 Å². The number of nitrogens with one attached hydrogen (secondary N) is 1. The number of fused-ring (bicyclic) bond motifs is 1. The smallest absolute Gasteiger partial charge is 0.262 e. The summed E-state index contributed by atoms with van der Waals surface area (Å²) in [6, 6.07) is 11.0. The van der Waals surface area contributed by atoms with E-state index in [1.54, 1.807) is 30.3 Å². The molecule has 3 rings (SSSR count). The van der Waals surface area contributed by atoms with Crippen molar-refractivity contribution >= 4 is 38.9 Å². The molecule has 1 aliphatic heterocycles. The number of rotatable bonds is 3. The Morgan fingerprint density at radius 1 is 1.28 bits per heavy atom. The van der Waals surface area contributed by atoms with Crippen LogP contribution in [0.1, 0.15) is 13.8 Å². The van der Waals surface area contributed by atoms with Crippen LogP contribution in [0.15, 0.2) is 47.4 Å². The average molecular weight is 381 g/mol. The van der Waals surface area contributed by atoms with Gasteiger partial charge in [0.05, 0.1) is 27.8 Å². The van der Waals surface area contributed by atoms with Gasteiger partial charge < -0.3 is 9.64 Å². The third-order valence-corrected chi connectivity index (χ3v) is 5.49. The van der Waals surface area contributed by atoms with E-state index in [0.29, 0.717) is 23.0 Å². The fraction of sp³-hybridized carbons (Fsp3) is 0.235. The van der Waals surface area contributed by atoms with E-state index in [4.69, 9.17) is 16.3 Å². The van der Waals surface area contributed by atoms with Gasteiger partial charge in [0.1, 0.15) is 11.9 Å². The minimum atomic E-state index is -3.86. The van der Waals surface area contributed by atoms with Crippen molar-refractivity contribution in [2.75, 3.05) is 16.2 Å². The van der Waals surface area contributed by atoms with Gasteiger partial charge in [0, 0.05) is 6.92 Å². The number of hydrogen-bond acceptors (Lipinski definition) is 4. The normalized spacial score (nSPS) is 16.8. The number of benzene rings is 2. The number of sulfonamides is 1. The van der Waals surface area contributed by atoms with Crippen molar-refractivity contribution in [2.24, 2.45) is 0 Å². The molecule has 6 nitrogen and oxygen atoms in total. The average Bonchev–Trinajstić information content (AvgIpc) is 2.55. The standard InChI is InChI=1S/C17H17ClN2O4S/c1-11-10-20(12(2)21)16-9-13(7-8-17(16)24-11)25(22,23)19-15-6-4-3-5-14(15)18/h3-9,11,19H,10H2,1-2H3/t11-/m0/s1. The summed E-state index contributed by atoms with van der Waals surface area (Å²) in [6.45, 7) is 3.65. The Balaban J connectivity index is 2.00. The third-order valence-electron chi connectivity index (χ3n) is 3.80. The van der Waals surface area contributed by atoms with E-state index in [1.165, 1.54) is 24.0 Å². The summed E-state index contributed by atoms with van der Waals surface area (Å²) in [7, 11) is -3.86. The highest BCUT2D eigenvalue weighted by Crippen LogP contribution is 2.36. The maximum atomic E-state index is 12.7. The molecule has 132 valence electrons. The minimum absolute atomic E-state index is 0.0237. The van der Waals surface area contributed by atoms with Crippen LogP contribution >= 0.6 is 11.6 Å². The summed E-state index contributed by atoms with van der Waals surface area (Å²) in [5.41, 5.74) is 0.725. The molecule has 2 aromatic rings. The van der Waals surface area contributed by atoms with Crippen LogP contribution in [0.25, 0.3) is 0 Å². The second-order valence-corrected chi connectivity index (χ2v) is 7.86. The second-order valence-electron chi connectivity index (χ2n) is 5.77. The molecule has 0 radical (unpaired) electrons. The first kappa shape index (κ1) is 17.6. The first-order chi connectivity index (χ1) is 11.8. The van der Waals surface area contributed by atoms with Crippen molar-refractivity contribution in [2.45, 2.75) is 24.8 Å². The molecule has 0 fully saturated rings. The molecular formula is C17H17ClN2O4S. The second kappa shape index (κ2) is 6.57. The van der Waals surface area contributed by atoms with Gasteiger partial charge in [0.25, 0.3) is 10.0 Å². The first-order valence-electron chi connectivity index (χ1n) is 7.64. The van der Waals surface area contributed by atoms with E-state index in [2.05, 4.69) is 4.72 Å². The SMILES string of the molecule is CC(=O)N1C[C@H](C)Oc2ccc(S(=O)(=O)Nc3ccccc3Cl)cc21. The lowest BCUT2D eigenvalue weighted by molar-refractivity contribution is -0.117. The summed E-state index contributed by atoms with van der Waals surface area (Å²) in [4.78, 5) is 13.4. The number of para-hydroxylation sites is 1. The van der Waals surface area contributed by atoms with Crippen molar-refractivity contribution < 1.29 is 17.9 Å². The van der Waals surface area contributed by atoms with Crippen LogP contribution in [0, 0.1) is 0 Å². The molecule has 0 saturated heterocycles. The molecule has 2 aromatic carbocycles. The van der Waals surface area contributed by atoms with Gasteiger partial charge in [0.15, 0.2) is 0 Å². The summed E-state index contributed by atoms with van der Waals surface area (Å²) in [5, 5.41) is 0.298. The molecule has 1 aliphatic rings. The molecular weight excluding hydrogens is 364 g/mol. The highest BCUT2D eigenvalue weighted by atomic mass is 35.5. The summed E-state index contributed by atoms with van der Waals surface area (Å²) in [5.74, 6) is 0.302. The van der Waals surface area contributed by atoms with Crippen molar-refractivity contribution in [3.63, 3.8) is 0 Å². The van der Waals surface area contributed by atoms with Crippen LogP contribution in [0.4, 0.5) is 11.4 Å². The fourth-order valence-electron chi connectivity index (χ4n) is 2.63. The molecule has 0 aromatic heterocycles. The van der Waals surface area contributed by atoms with E-state index < -0.39 is 10.0 Å². The van der Waals surface area contributed by atoms with Crippen LogP contribution < -0.4 is 14.4 Å². The maximum absolute atomic E-state index is 12.7. The zero-order valence-corrected chi connectivity index (χ0v) is 15.3. The Hall–Kier alpha value is -2.25. The Morgan fingerprint density at radius 3 is 2.68 bits per heavy atom. The predicted octanol–water partition coefficient (Wildman–Crippen LogP) is 3.27. The van der Waals surface area contributed by atoms with E-state index in [9.17, 15) is 13.2 Å². The molecule has 0 bridgehead atoms. The Bertz CT molecular complexity index is 930. The molecule has 1 amide bonds. The van der Waals surface area contributed by atoms with Crippen LogP contribution in [0.5, 0.6) is 5.75 Å². The highest BCUT2D eigenvalue weighted by molar-refractivity contribution is 7.92. The van der Waals surface area contributed by atoms with Gasteiger partial charge in [-0.1, -0.05) is 23.7 Å². The number of nitrogens with zero attached hydrogens (tertiary/aromatic N) is 1. The van der Waals surface area contributed by atoms with Gasteiger partial charge in [-0.2, -0.15) is 0 Å². The number of anilines is 2. The molecule has 0 saturated carbocycles. The number of hydrogen-bond donors (Lipinski definition) is 1. The van der Waals surface area contributed by atoms with Gasteiger partial charge in [0.2, 0.25) is 5.91 Å². The first-order valence-corrected chi connectivity index (χ1v) is 9.50. The van der Waals surface area contributed by atoms with Gasteiger partial charge in [-0.05, 0) is 37.3 Å². The van der Waals surface area contributed by atoms with Crippen LogP contribution in [0.2, 0.25) is 5.02 Å². The summed E-state index contributed by atoms with van der Waals surface area (Å²) in [6.07, 6.45) is -0.167. The van der Waals surface area contributed by atoms with Gasteiger partial charge >= 0.3 is 0 Å². The largest absolute Gasteiger partial charge is 0.487 e. The molecule has 0 unspecified atom stereocenters. The lowest BCUT2D eigenvalue weighted by Crippen LogP contribution is -2.41. The molecule has 25 heavy (non-hydrogen) atoms. The van der Waals surface area contributed by atoms with Crippen molar-refractivity contribution in [3.8, 4) is 5.75 Å². The number of halogens is 1. The fourth-order valence-corrected chi connectivity index (χ4v) is 3.97. The van der Waals surface area contributed by atoms with Gasteiger partial charge in [-0.3, -0.25) is 9.52 Å². The summed E-state index contributed by atoms with van der Waals surface area (Å²) >= 11 is 6.01. The Morgan fingerprint density at radius 2 is 2.00 bits per heavy atom. The van der Waals surface area contributed by atoms with Crippen LogP contribution in [-0.2, 0) is 14.8 Å². The molecule has 1 atom stereocenters. The maximum Gasteiger partial charge on any atom is 0.262 e. The van der Waals surface area contributed by atoms with Crippen molar-refractivity contribution in [1.82, 2.24) is 0 Å². The van der Waals surface area contributed by atoms with Crippen molar-refractivity contribution in [3.05, 3.63) is 47.5 Å². The number of carbonyl (C=O) groups is 1. The molecule has 1 heterocycles. The molecule has 0 aliphatic carbocycles. The summed E-state index contributed by atoms with van der Waals surface area (Å²) < 4.78 is 33.5.